The average Bonchev–Trinajstić information content (AvgIpc) is 3.82. The van der Waals surface area contributed by atoms with Gasteiger partial charge in [0.15, 0.2) is 0 Å². The van der Waals surface area contributed by atoms with Crippen molar-refractivity contribution in [2.24, 2.45) is 0 Å². The van der Waals surface area contributed by atoms with Crippen LogP contribution in [0.25, 0.3) is 82.5 Å². The Morgan fingerprint density at radius 1 is 0.275 bits per heavy atom. The van der Waals surface area contributed by atoms with E-state index in [1.165, 1.54) is 0 Å². The number of nitriles is 3. The molecule has 10 rings (SSSR count). The summed E-state index contributed by atoms with van der Waals surface area (Å²) in [5.74, 6) is 0. The van der Waals surface area contributed by atoms with E-state index < -0.39 is 0 Å². The van der Waals surface area contributed by atoms with Crippen LogP contribution in [0.4, 0.5) is 0 Å². The summed E-state index contributed by atoms with van der Waals surface area (Å²) in [6, 6.07) is 56.0. The molecule has 3 heterocycles. The molecule has 10 aromatic rings. The predicted molar refractivity (Wildman–Crippen MR) is 204 cm³/mol. The molecule has 0 N–H and O–H groups in total. The molecular weight excluding hydrogens is 625 g/mol. The van der Waals surface area contributed by atoms with Crippen LogP contribution >= 0.6 is 0 Å². The first-order valence-electron chi connectivity index (χ1n) is 16.6. The standard InChI is InChI=1S/C45H24N6/c46-25-34-43(49-37-19-7-1-13-28(37)29-14-2-8-20-38(29)49)35(26-47)45(51-41-23-11-5-17-32(41)33-18-6-12-24-42(33)51)36(27-48)44(34)50-39-21-9-3-15-30(39)31-16-4-10-22-40(31)50/h1-24H. The van der Waals surface area contributed by atoms with Gasteiger partial charge in [-0.05, 0) is 36.4 Å². The van der Waals surface area contributed by atoms with Crippen LogP contribution in [0.2, 0.25) is 0 Å². The number of para-hydroxylation sites is 6. The number of benzene rings is 7. The van der Waals surface area contributed by atoms with Crippen molar-refractivity contribution in [1.82, 2.24) is 13.7 Å². The van der Waals surface area contributed by atoms with Crippen LogP contribution in [0.1, 0.15) is 16.7 Å². The van der Waals surface area contributed by atoms with E-state index in [0.29, 0.717) is 17.1 Å². The van der Waals surface area contributed by atoms with Gasteiger partial charge in [0.05, 0.1) is 50.2 Å². The summed E-state index contributed by atoms with van der Waals surface area (Å²) in [6.45, 7) is 0. The first-order chi connectivity index (χ1) is 25.2. The Balaban J connectivity index is 1.53. The smallest absolute Gasteiger partial charge is 0.104 e. The molecule has 0 saturated heterocycles. The summed E-state index contributed by atoms with van der Waals surface area (Å²) >= 11 is 0. The number of hydrogen-bond acceptors (Lipinski definition) is 3. The summed E-state index contributed by atoms with van der Waals surface area (Å²) in [4.78, 5) is 0. The molecule has 0 aliphatic heterocycles. The maximum Gasteiger partial charge on any atom is 0.104 e. The van der Waals surface area contributed by atoms with Gasteiger partial charge in [0.1, 0.15) is 34.9 Å². The van der Waals surface area contributed by atoms with E-state index >= 15 is 0 Å². The van der Waals surface area contributed by atoms with E-state index in [9.17, 15) is 15.8 Å². The molecule has 234 valence electrons. The fourth-order valence-electron chi connectivity index (χ4n) is 8.19. The fraction of sp³-hybridized carbons (Fsp3) is 0. The maximum atomic E-state index is 11.4. The fourth-order valence-corrected chi connectivity index (χ4v) is 8.19. The van der Waals surface area contributed by atoms with Gasteiger partial charge in [-0.1, -0.05) is 109 Å². The minimum absolute atomic E-state index is 0.241. The Kier molecular flexibility index (Phi) is 5.97. The molecule has 0 saturated carbocycles. The van der Waals surface area contributed by atoms with Crippen molar-refractivity contribution in [3.05, 3.63) is 162 Å². The summed E-state index contributed by atoms with van der Waals surface area (Å²) in [5.41, 5.74) is 7.18. The van der Waals surface area contributed by atoms with Gasteiger partial charge in [0, 0.05) is 32.3 Å². The molecule has 6 nitrogen and oxygen atoms in total. The molecule has 0 aliphatic carbocycles. The van der Waals surface area contributed by atoms with Crippen LogP contribution in [0.5, 0.6) is 0 Å². The minimum Gasteiger partial charge on any atom is -0.306 e. The molecule has 0 spiro atoms. The third-order valence-corrected chi connectivity index (χ3v) is 10.2. The van der Waals surface area contributed by atoms with E-state index in [4.69, 9.17) is 0 Å². The number of rotatable bonds is 3. The topological polar surface area (TPSA) is 86.2 Å². The summed E-state index contributed by atoms with van der Waals surface area (Å²) < 4.78 is 6.12. The summed E-state index contributed by atoms with van der Waals surface area (Å²) in [6.07, 6.45) is 0. The highest BCUT2D eigenvalue weighted by Gasteiger charge is 2.32. The van der Waals surface area contributed by atoms with Crippen molar-refractivity contribution >= 4 is 65.4 Å². The second-order valence-electron chi connectivity index (χ2n) is 12.6. The van der Waals surface area contributed by atoms with Gasteiger partial charge in [-0.3, -0.25) is 0 Å². The van der Waals surface area contributed by atoms with Crippen LogP contribution in [0.3, 0.4) is 0 Å². The van der Waals surface area contributed by atoms with Crippen LogP contribution in [-0.4, -0.2) is 13.7 Å². The Morgan fingerprint density at radius 3 is 0.627 bits per heavy atom. The highest BCUT2D eigenvalue weighted by atomic mass is 15.1. The lowest BCUT2D eigenvalue weighted by Gasteiger charge is -2.23. The van der Waals surface area contributed by atoms with Crippen molar-refractivity contribution in [1.29, 1.82) is 15.8 Å². The number of nitrogens with zero attached hydrogens (tertiary/aromatic N) is 6. The third-order valence-electron chi connectivity index (χ3n) is 10.2. The predicted octanol–water partition coefficient (Wildman–Crippen LogP) is 10.6. The van der Waals surface area contributed by atoms with Gasteiger partial charge in [-0.2, -0.15) is 15.8 Å². The van der Waals surface area contributed by atoms with E-state index in [2.05, 4.69) is 54.6 Å². The molecule has 0 unspecified atom stereocenters. The van der Waals surface area contributed by atoms with Gasteiger partial charge in [0.25, 0.3) is 0 Å². The van der Waals surface area contributed by atoms with E-state index in [0.717, 1.165) is 65.4 Å². The van der Waals surface area contributed by atoms with Crippen LogP contribution in [0.15, 0.2) is 146 Å². The second kappa shape index (κ2) is 10.7. The van der Waals surface area contributed by atoms with Gasteiger partial charge < -0.3 is 13.7 Å². The molecule has 7 aromatic carbocycles. The Bertz CT molecular complexity index is 2710. The first kappa shape index (κ1) is 28.4. The molecule has 0 atom stereocenters. The number of aromatic nitrogens is 3. The SMILES string of the molecule is N#Cc1c(-n2c3ccccc3c3ccccc32)c(C#N)c(-n2c3ccccc3c3ccccc32)c(C#N)c1-n1c2ccccc2c2ccccc21. The van der Waals surface area contributed by atoms with Crippen LogP contribution < -0.4 is 0 Å². The zero-order valence-electron chi connectivity index (χ0n) is 27.0. The highest BCUT2D eigenvalue weighted by molar-refractivity contribution is 6.13. The molecule has 3 aromatic heterocycles. The van der Waals surface area contributed by atoms with Crippen molar-refractivity contribution in [3.63, 3.8) is 0 Å². The van der Waals surface area contributed by atoms with E-state index in [1.807, 2.05) is 123 Å². The zero-order chi connectivity index (χ0) is 34.2. The largest absolute Gasteiger partial charge is 0.306 e. The highest BCUT2D eigenvalue weighted by Crippen LogP contribution is 2.45. The average molecular weight is 649 g/mol. The summed E-state index contributed by atoms with van der Waals surface area (Å²) in [7, 11) is 0. The van der Waals surface area contributed by atoms with Crippen LogP contribution in [-0.2, 0) is 0 Å². The minimum atomic E-state index is 0.241. The third kappa shape index (κ3) is 3.72. The molecule has 6 heteroatoms. The lowest BCUT2D eigenvalue weighted by molar-refractivity contribution is 1.06. The van der Waals surface area contributed by atoms with E-state index in [1.54, 1.807) is 0 Å². The summed E-state index contributed by atoms with van der Waals surface area (Å²) in [5, 5.41) is 40.2. The lowest BCUT2D eigenvalue weighted by Crippen LogP contribution is -2.14. The Morgan fingerprint density at radius 2 is 0.451 bits per heavy atom. The first-order valence-corrected chi connectivity index (χ1v) is 16.6. The quantitative estimate of drug-likeness (QED) is 0.191. The number of hydrogen-bond donors (Lipinski definition) is 0. The van der Waals surface area contributed by atoms with Gasteiger partial charge in [0.2, 0.25) is 0 Å². The van der Waals surface area contributed by atoms with Crippen molar-refractivity contribution < 1.29 is 0 Å². The molecule has 0 aliphatic rings. The Hall–Kier alpha value is -7.59. The normalized spacial score (nSPS) is 11.5. The monoisotopic (exact) mass is 648 g/mol. The molecule has 0 radical (unpaired) electrons. The van der Waals surface area contributed by atoms with Crippen molar-refractivity contribution in [3.8, 4) is 35.3 Å². The molecule has 0 fully saturated rings. The molecule has 0 amide bonds. The second-order valence-corrected chi connectivity index (χ2v) is 12.6. The molecule has 0 bridgehead atoms. The molecular formula is C45H24N6. The maximum absolute atomic E-state index is 11.4. The van der Waals surface area contributed by atoms with Gasteiger partial charge in [-0.15, -0.1) is 0 Å². The van der Waals surface area contributed by atoms with Crippen LogP contribution in [0, 0.1) is 34.0 Å². The zero-order valence-corrected chi connectivity index (χ0v) is 27.0. The van der Waals surface area contributed by atoms with Crippen molar-refractivity contribution in [2.45, 2.75) is 0 Å². The number of fused-ring (bicyclic) bond motifs is 9. The molecule has 51 heavy (non-hydrogen) atoms. The van der Waals surface area contributed by atoms with E-state index in [-0.39, 0.29) is 16.7 Å². The lowest BCUT2D eigenvalue weighted by atomic mass is 9.96. The van der Waals surface area contributed by atoms with Gasteiger partial charge in [-0.25, -0.2) is 0 Å². The van der Waals surface area contributed by atoms with Crippen molar-refractivity contribution in [2.75, 3.05) is 0 Å². The Labute approximate surface area is 291 Å². The van der Waals surface area contributed by atoms with Gasteiger partial charge >= 0.3 is 0 Å².